The lowest BCUT2D eigenvalue weighted by molar-refractivity contribution is 0.463. The van der Waals surface area contributed by atoms with Gasteiger partial charge in [0.2, 0.25) is 0 Å². The molecular weight excluding hydrogens is 290 g/mol. The van der Waals surface area contributed by atoms with Crippen LogP contribution in [0, 0.1) is 0 Å². The van der Waals surface area contributed by atoms with Gasteiger partial charge < -0.3 is 10.1 Å². The number of benzene rings is 2. The molecule has 0 aliphatic rings. The van der Waals surface area contributed by atoms with E-state index in [9.17, 15) is 0 Å². The molecular formula is C15H16BrNO. The van der Waals surface area contributed by atoms with Crippen molar-refractivity contribution in [2.24, 2.45) is 0 Å². The third-order valence-corrected chi connectivity index (χ3v) is 3.53. The summed E-state index contributed by atoms with van der Waals surface area (Å²) >= 11 is 3.49. The Morgan fingerprint density at radius 1 is 1.00 bits per heavy atom. The summed E-state index contributed by atoms with van der Waals surface area (Å²) in [6.07, 6.45) is 0. The highest BCUT2D eigenvalue weighted by molar-refractivity contribution is 9.10. The molecule has 0 fully saturated rings. The molecule has 0 radical (unpaired) electrons. The van der Waals surface area contributed by atoms with Gasteiger partial charge in [0.05, 0.1) is 4.47 Å². The van der Waals surface area contributed by atoms with Crippen molar-refractivity contribution in [2.75, 3.05) is 7.05 Å². The summed E-state index contributed by atoms with van der Waals surface area (Å²) in [5.41, 5.74) is 1.15. The zero-order valence-electron chi connectivity index (χ0n) is 10.5. The maximum atomic E-state index is 5.98. The molecule has 1 atom stereocenters. The van der Waals surface area contributed by atoms with Crippen molar-refractivity contribution in [3.63, 3.8) is 0 Å². The second-order valence-electron chi connectivity index (χ2n) is 4.08. The van der Waals surface area contributed by atoms with Crippen LogP contribution < -0.4 is 10.1 Å². The van der Waals surface area contributed by atoms with E-state index in [1.165, 1.54) is 0 Å². The molecule has 0 aliphatic heterocycles. The summed E-state index contributed by atoms with van der Waals surface area (Å²) < 4.78 is 6.93. The number of para-hydroxylation sites is 2. The average molecular weight is 306 g/mol. The number of ether oxygens (including phenoxy) is 1. The SMILES string of the molecule is CNC(C)c1ccccc1Oc1ccccc1Br. The highest BCUT2D eigenvalue weighted by Crippen LogP contribution is 2.33. The highest BCUT2D eigenvalue weighted by atomic mass is 79.9. The first-order valence-electron chi connectivity index (χ1n) is 5.91. The van der Waals surface area contributed by atoms with Crippen LogP contribution in [0.1, 0.15) is 18.5 Å². The molecule has 2 aromatic rings. The Balaban J connectivity index is 2.32. The van der Waals surface area contributed by atoms with Gasteiger partial charge in [-0.2, -0.15) is 0 Å². The predicted molar refractivity (Wildman–Crippen MR) is 78.1 cm³/mol. The topological polar surface area (TPSA) is 21.3 Å². The van der Waals surface area contributed by atoms with Crippen molar-refractivity contribution < 1.29 is 4.74 Å². The molecule has 3 heteroatoms. The van der Waals surface area contributed by atoms with Crippen LogP contribution in [0.2, 0.25) is 0 Å². The van der Waals surface area contributed by atoms with Crippen LogP contribution in [0.15, 0.2) is 53.0 Å². The van der Waals surface area contributed by atoms with Crippen molar-refractivity contribution in [2.45, 2.75) is 13.0 Å². The summed E-state index contributed by atoms with van der Waals surface area (Å²) in [6.45, 7) is 2.11. The fraction of sp³-hybridized carbons (Fsp3) is 0.200. The standard InChI is InChI=1S/C15H16BrNO/c1-11(17-2)12-7-3-5-9-14(12)18-15-10-6-4-8-13(15)16/h3-11,17H,1-2H3. The van der Waals surface area contributed by atoms with Gasteiger partial charge in [-0.3, -0.25) is 0 Å². The molecule has 0 bridgehead atoms. The Morgan fingerprint density at radius 3 is 2.28 bits per heavy atom. The van der Waals surface area contributed by atoms with Crippen LogP contribution in [0.25, 0.3) is 0 Å². The molecule has 18 heavy (non-hydrogen) atoms. The molecule has 1 N–H and O–H groups in total. The molecule has 1 unspecified atom stereocenters. The van der Waals surface area contributed by atoms with E-state index in [0.717, 1.165) is 21.5 Å². The Kier molecular flexibility index (Phi) is 4.39. The van der Waals surface area contributed by atoms with Crippen LogP contribution in [0.3, 0.4) is 0 Å². The molecule has 0 heterocycles. The van der Waals surface area contributed by atoms with Gasteiger partial charge >= 0.3 is 0 Å². The van der Waals surface area contributed by atoms with Gasteiger partial charge in [0.25, 0.3) is 0 Å². The molecule has 0 amide bonds. The minimum absolute atomic E-state index is 0.253. The summed E-state index contributed by atoms with van der Waals surface area (Å²) in [4.78, 5) is 0. The lowest BCUT2D eigenvalue weighted by atomic mass is 10.1. The molecule has 2 aromatic carbocycles. The first-order chi connectivity index (χ1) is 8.72. The Bertz CT molecular complexity index is 527. The Morgan fingerprint density at radius 2 is 1.61 bits per heavy atom. The van der Waals surface area contributed by atoms with Crippen LogP contribution in [0.4, 0.5) is 0 Å². The van der Waals surface area contributed by atoms with Crippen molar-refractivity contribution in [1.29, 1.82) is 0 Å². The minimum atomic E-state index is 0.253. The van der Waals surface area contributed by atoms with Gasteiger partial charge in [0.1, 0.15) is 11.5 Å². The van der Waals surface area contributed by atoms with E-state index < -0.39 is 0 Å². The second-order valence-corrected chi connectivity index (χ2v) is 4.94. The fourth-order valence-electron chi connectivity index (χ4n) is 1.73. The summed E-state index contributed by atoms with van der Waals surface area (Å²) in [7, 11) is 1.94. The molecule has 2 nitrogen and oxygen atoms in total. The lowest BCUT2D eigenvalue weighted by Gasteiger charge is -2.16. The van der Waals surface area contributed by atoms with Crippen LogP contribution in [0.5, 0.6) is 11.5 Å². The first-order valence-corrected chi connectivity index (χ1v) is 6.70. The average Bonchev–Trinajstić information content (AvgIpc) is 2.41. The van der Waals surface area contributed by atoms with Gasteiger partial charge in [-0.05, 0) is 48.1 Å². The molecule has 0 saturated heterocycles. The van der Waals surface area contributed by atoms with E-state index in [1.54, 1.807) is 0 Å². The third kappa shape index (κ3) is 2.92. The van der Waals surface area contributed by atoms with Crippen LogP contribution in [-0.4, -0.2) is 7.05 Å². The molecule has 0 aromatic heterocycles. The highest BCUT2D eigenvalue weighted by Gasteiger charge is 2.10. The van der Waals surface area contributed by atoms with Crippen molar-refractivity contribution in [3.8, 4) is 11.5 Å². The zero-order valence-corrected chi connectivity index (χ0v) is 12.1. The Hall–Kier alpha value is -1.32. The third-order valence-electron chi connectivity index (χ3n) is 2.88. The van der Waals surface area contributed by atoms with E-state index in [4.69, 9.17) is 4.74 Å². The van der Waals surface area contributed by atoms with Gasteiger partial charge in [-0.15, -0.1) is 0 Å². The number of hydrogen-bond acceptors (Lipinski definition) is 2. The molecule has 0 aliphatic carbocycles. The summed E-state index contributed by atoms with van der Waals surface area (Å²) in [5, 5.41) is 3.23. The quantitative estimate of drug-likeness (QED) is 0.896. The van der Waals surface area contributed by atoms with E-state index in [0.29, 0.717) is 0 Å². The molecule has 2 rings (SSSR count). The molecule has 0 spiro atoms. The molecule has 94 valence electrons. The second kappa shape index (κ2) is 6.03. The van der Waals surface area contributed by atoms with Gasteiger partial charge in [0, 0.05) is 11.6 Å². The van der Waals surface area contributed by atoms with E-state index >= 15 is 0 Å². The van der Waals surface area contributed by atoms with E-state index in [-0.39, 0.29) is 6.04 Å². The largest absolute Gasteiger partial charge is 0.456 e. The van der Waals surface area contributed by atoms with Crippen molar-refractivity contribution in [3.05, 3.63) is 58.6 Å². The summed E-state index contributed by atoms with van der Waals surface area (Å²) in [5.74, 6) is 1.71. The van der Waals surface area contributed by atoms with Crippen LogP contribution >= 0.6 is 15.9 Å². The number of hydrogen-bond donors (Lipinski definition) is 1. The fourth-order valence-corrected chi connectivity index (χ4v) is 2.10. The van der Waals surface area contributed by atoms with E-state index in [1.807, 2.05) is 49.5 Å². The minimum Gasteiger partial charge on any atom is -0.456 e. The predicted octanol–water partition coefficient (Wildman–Crippen LogP) is 4.52. The van der Waals surface area contributed by atoms with Gasteiger partial charge in [-0.25, -0.2) is 0 Å². The van der Waals surface area contributed by atoms with Crippen LogP contribution in [-0.2, 0) is 0 Å². The number of rotatable bonds is 4. The monoisotopic (exact) mass is 305 g/mol. The molecule has 0 saturated carbocycles. The maximum Gasteiger partial charge on any atom is 0.141 e. The number of nitrogens with one attached hydrogen (secondary N) is 1. The lowest BCUT2D eigenvalue weighted by Crippen LogP contribution is -2.13. The van der Waals surface area contributed by atoms with Crippen molar-refractivity contribution in [1.82, 2.24) is 5.32 Å². The zero-order chi connectivity index (χ0) is 13.0. The van der Waals surface area contributed by atoms with Gasteiger partial charge in [-0.1, -0.05) is 30.3 Å². The Labute approximate surface area is 116 Å². The van der Waals surface area contributed by atoms with Crippen molar-refractivity contribution >= 4 is 15.9 Å². The first kappa shape index (κ1) is 13.1. The maximum absolute atomic E-state index is 5.98. The smallest absolute Gasteiger partial charge is 0.141 e. The normalized spacial score (nSPS) is 12.2. The van der Waals surface area contributed by atoms with E-state index in [2.05, 4.69) is 34.2 Å². The van der Waals surface area contributed by atoms with Gasteiger partial charge in [0.15, 0.2) is 0 Å². The number of halogens is 1. The summed E-state index contributed by atoms with van der Waals surface area (Å²) in [6, 6.07) is 16.2.